The number of aryl methyl sites for hydroxylation is 1. The van der Waals surface area contributed by atoms with Gasteiger partial charge >= 0.3 is 5.97 Å². The zero-order valence-corrected chi connectivity index (χ0v) is 17.0. The van der Waals surface area contributed by atoms with Gasteiger partial charge < -0.3 is 10.1 Å². The fraction of sp³-hybridized carbons (Fsp3) is 0.381. The summed E-state index contributed by atoms with van der Waals surface area (Å²) >= 11 is 1.44. The minimum Gasteiger partial charge on any atom is -0.465 e. The van der Waals surface area contributed by atoms with Gasteiger partial charge in [0.15, 0.2) is 0 Å². The molecule has 1 fully saturated rings. The molecule has 0 radical (unpaired) electrons. The van der Waals surface area contributed by atoms with Crippen LogP contribution in [0.15, 0.2) is 30.3 Å². The highest BCUT2D eigenvalue weighted by Crippen LogP contribution is 2.38. The topological polar surface area (TPSA) is 87.7 Å². The number of nitrogens with one attached hydrogen (secondary N) is 2. The van der Waals surface area contributed by atoms with E-state index in [9.17, 15) is 14.4 Å². The Kier molecular flexibility index (Phi) is 5.64. The van der Waals surface area contributed by atoms with Crippen LogP contribution in [0.2, 0.25) is 0 Å². The van der Waals surface area contributed by atoms with Gasteiger partial charge in [0.1, 0.15) is 11.0 Å². The van der Waals surface area contributed by atoms with Crippen molar-refractivity contribution < 1.29 is 19.1 Å². The molecule has 1 atom stereocenters. The number of anilines is 1. The molecule has 152 valence electrons. The number of thiophene rings is 1. The van der Waals surface area contributed by atoms with Gasteiger partial charge in [-0.3, -0.25) is 15.0 Å². The highest BCUT2D eigenvalue weighted by molar-refractivity contribution is 7.17. The first-order valence-electron chi connectivity index (χ1n) is 9.70. The minimum atomic E-state index is -0.646. The van der Waals surface area contributed by atoms with Crippen LogP contribution >= 0.6 is 11.3 Å². The van der Waals surface area contributed by atoms with Crippen LogP contribution in [0.1, 0.15) is 45.6 Å². The molecule has 1 aromatic carbocycles. The third-order valence-corrected chi connectivity index (χ3v) is 6.53. The van der Waals surface area contributed by atoms with Gasteiger partial charge in [0.05, 0.1) is 19.1 Å². The summed E-state index contributed by atoms with van der Waals surface area (Å²) in [5, 5.41) is 5.08. The summed E-state index contributed by atoms with van der Waals surface area (Å²) in [6.07, 6.45) is 3.90. The lowest BCUT2D eigenvalue weighted by Crippen LogP contribution is -2.43. The van der Waals surface area contributed by atoms with Gasteiger partial charge in [0, 0.05) is 11.4 Å². The number of nitrogens with zero attached hydrogens (tertiary/aromatic N) is 1. The van der Waals surface area contributed by atoms with Gasteiger partial charge in [0.2, 0.25) is 11.8 Å². The second-order valence-electron chi connectivity index (χ2n) is 7.26. The Hall–Kier alpha value is -2.71. The molecule has 7 nitrogen and oxygen atoms in total. The number of methoxy groups -OCH3 is 1. The lowest BCUT2D eigenvalue weighted by Gasteiger charge is -2.22. The van der Waals surface area contributed by atoms with E-state index in [-0.39, 0.29) is 18.2 Å². The zero-order valence-electron chi connectivity index (χ0n) is 16.2. The molecule has 2 amide bonds. The first kappa shape index (κ1) is 19.6. The number of fused-ring (bicyclic) bond motifs is 1. The Morgan fingerprint density at radius 2 is 2.00 bits per heavy atom. The van der Waals surface area contributed by atoms with Gasteiger partial charge in [-0.15, -0.1) is 11.3 Å². The molecule has 4 rings (SSSR count). The number of hydrazine groups is 1. The van der Waals surface area contributed by atoms with E-state index in [0.29, 0.717) is 17.1 Å². The van der Waals surface area contributed by atoms with Crippen molar-refractivity contribution in [3.63, 3.8) is 0 Å². The number of ether oxygens (including phenoxy) is 1. The molecule has 1 saturated heterocycles. The summed E-state index contributed by atoms with van der Waals surface area (Å²) in [4.78, 5) is 38.6. The van der Waals surface area contributed by atoms with Crippen molar-refractivity contribution in [1.82, 2.24) is 10.4 Å². The fourth-order valence-corrected chi connectivity index (χ4v) is 5.18. The van der Waals surface area contributed by atoms with Crippen LogP contribution < -0.4 is 10.7 Å². The monoisotopic (exact) mass is 413 g/mol. The first-order valence-corrected chi connectivity index (χ1v) is 10.5. The van der Waals surface area contributed by atoms with Crippen molar-refractivity contribution in [1.29, 1.82) is 0 Å². The number of benzene rings is 1. The second kappa shape index (κ2) is 8.34. The van der Waals surface area contributed by atoms with Gasteiger partial charge in [-0.25, -0.2) is 9.80 Å². The maximum Gasteiger partial charge on any atom is 0.341 e. The molecule has 1 aliphatic carbocycles. The first-order chi connectivity index (χ1) is 14.1. The van der Waals surface area contributed by atoms with E-state index in [0.717, 1.165) is 41.7 Å². The molecule has 2 N–H and O–H groups in total. The molecule has 1 unspecified atom stereocenters. The van der Waals surface area contributed by atoms with Crippen LogP contribution in [0.5, 0.6) is 0 Å². The highest BCUT2D eigenvalue weighted by Gasteiger charge is 2.37. The Morgan fingerprint density at radius 1 is 1.24 bits per heavy atom. The summed E-state index contributed by atoms with van der Waals surface area (Å²) in [5.74, 6) is -0.927. The maximum absolute atomic E-state index is 13.0. The van der Waals surface area contributed by atoms with Crippen LogP contribution in [0.3, 0.4) is 0 Å². The Bertz CT molecular complexity index is 941. The van der Waals surface area contributed by atoms with Crippen molar-refractivity contribution in [2.24, 2.45) is 0 Å². The molecule has 2 aliphatic rings. The van der Waals surface area contributed by atoms with Crippen molar-refractivity contribution >= 4 is 34.1 Å². The fourth-order valence-electron chi connectivity index (χ4n) is 3.90. The number of amides is 2. The summed E-state index contributed by atoms with van der Waals surface area (Å²) in [5.41, 5.74) is 5.21. The van der Waals surface area contributed by atoms with Crippen LogP contribution in [0.4, 0.5) is 5.00 Å². The van der Waals surface area contributed by atoms with Gasteiger partial charge in [0.25, 0.3) is 0 Å². The lowest BCUT2D eigenvalue weighted by molar-refractivity contribution is -0.121. The van der Waals surface area contributed by atoms with Crippen molar-refractivity contribution in [3.8, 4) is 0 Å². The average molecular weight is 413 g/mol. The van der Waals surface area contributed by atoms with Crippen molar-refractivity contribution in [3.05, 3.63) is 51.9 Å². The van der Waals surface area contributed by atoms with Crippen LogP contribution in [-0.4, -0.2) is 35.9 Å². The number of hydrogen-bond acceptors (Lipinski definition) is 6. The maximum atomic E-state index is 13.0. The Morgan fingerprint density at radius 3 is 2.76 bits per heavy atom. The van der Waals surface area contributed by atoms with E-state index in [4.69, 9.17) is 4.74 Å². The predicted octanol–water partition coefficient (Wildman–Crippen LogP) is 2.66. The van der Waals surface area contributed by atoms with E-state index >= 15 is 0 Å². The normalized spacial score (nSPS) is 18.8. The van der Waals surface area contributed by atoms with Crippen LogP contribution in [0, 0.1) is 0 Å². The largest absolute Gasteiger partial charge is 0.465 e. The van der Waals surface area contributed by atoms with E-state index in [2.05, 4.69) is 10.7 Å². The average Bonchev–Trinajstić information content (AvgIpc) is 3.27. The molecule has 29 heavy (non-hydrogen) atoms. The highest BCUT2D eigenvalue weighted by atomic mass is 32.1. The summed E-state index contributed by atoms with van der Waals surface area (Å²) in [7, 11) is 1.35. The second-order valence-corrected chi connectivity index (χ2v) is 8.37. The standard InChI is InChI=1S/C21H23N3O4S/c1-28-21(27)18-14-9-5-6-10-16(14)29-20(18)22-19(26)15-11-17(25)23-24(15)12-13-7-3-2-4-8-13/h2-4,7-8,15H,5-6,9-12H2,1H3,(H,22,26)(H,23,25). The molecule has 1 aliphatic heterocycles. The van der Waals surface area contributed by atoms with E-state index in [1.807, 2.05) is 30.3 Å². The van der Waals surface area contributed by atoms with Crippen LogP contribution in [-0.2, 0) is 33.7 Å². The molecule has 8 heteroatoms. The quantitative estimate of drug-likeness (QED) is 0.736. The predicted molar refractivity (Wildman–Crippen MR) is 109 cm³/mol. The third-order valence-electron chi connectivity index (χ3n) is 5.32. The number of esters is 1. The molecule has 2 heterocycles. The molecule has 2 aromatic rings. The van der Waals surface area contributed by atoms with Gasteiger partial charge in [-0.2, -0.15) is 0 Å². The van der Waals surface area contributed by atoms with Gasteiger partial charge in [-0.05, 0) is 36.8 Å². The summed E-state index contributed by atoms with van der Waals surface area (Å²) in [6, 6.07) is 9.00. The zero-order chi connectivity index (χ0) is 20.4. The Labute approximate surface area is 173 Å². The van der Waals surface area contributed by atoms with Gasteiger partial charge in [-0.1, -0.05) is 30.3 Å². The SMILES string of the molecule is COC(=O)c1c(NC(=O)C2CC(=O)NN2Cc2ccccc2)sc2c1CCCC2. The smallest absolute Gasteiger partial charge is 0.341 e. The molecule has 0 bridgehead atoms. The van der Waals surface area contributed by atoms with Crippen molar-refractivity contribution in [2.75, 3.05) is 12.4 Å². The third kappa shape index (κ3) is 4.04. The number of carbonyl (C=O) groups excluding carboxylic acids is 3. The number of rotatable bonds is 5. The number of hydrogen-bond donors (Lipinski definition) is 2. The molecular weight excluding hydrogens is 390 g/mol. The number of carbonyl (C=O) groups is 3. The van der Waals surface area contributed by atoms with E-state index in [1.54, 1.807) is 5.01 Å². The van der Waals surface area contributed by atoms with Crippen molar-refractivity contribution in [2.45, 2.75) is 44.7 Å². The lowest BCUT2D eigenvalue weighted by atomic mass is 9.95. The van der Waals surface area contributed by atoms with Crippen LogP contribution in [0.25, 0.3) is 0 Å². The summed E-state index contributed by atoms with van der Waals surface area (Å²) in [6.45, 7) is 0.426. The van der Waals surface area contributed by atoms with E-state index in [1.165, 1.54) is 18.4 Å². The molecule has 1 aromatic heterocycles. The summed E-state index contributed by atoms with van der Waals surface area (Å²) < 4.78 is 4.97. The Balaban J connectivity index is 1.56. The minimum absolute atomic E-state index is 0.0807. The molecule has 0 saturated carbocycles. The molecule has 0 spiro atoms. The molecular formula is C21H23N3O4S. The van der Waals surface area contributed by atoms with E-state index < -0.39 is 12.0 Å².